The van der Waals surface area contributed by atoms with E-state index in [0.29, 0.717) is 18.0 Å². The van der Waals surface area contributed by atoms with Crippen molar-refractivity contribution in [2.45, 2.75) is 38.8 Å². The van der Waals surface area contributed by atoms with E-state index >= 15 is 0 Å². The Balaban J connectivity index is 0.00000220. The van der Waals surface area contributed by atoms with Gasteiger partial charge in [0.05, 0.1) is 0 Å². The lowest BCUT2D eigenvalue weighted by molar-refractivity contribution is 0.0900. The zero-order chi connectivity index (χ0) is 14.5. The molecule has 1 saturated heterocycles. The summed E-state index contributed by atoms with van der Waals surface area (Å²) >= 11 is 0. The molecule has 2 rings (SSSR count). The molecule has 0 spiro atoms. The Hall–Kier alpha value is -0.0800. The minimum Gasteiger partial charge on any atom is -0.355 e. The summed E-state index contributed by atoms with van der Waals surface area (Å²) in [7, 11) is 4.07. The Kier molecular flexibility index (Phi) is 8.26. The van der Waals surface area contributed by atoms with Gasteiger partial charge in [-0.15, -0.1) is 24.0 Å². The van der Waals surface area contributed by atoms with E-state index < -0.39 is 0 Å². The molecule has 0 amide bonds. The highest BCUT2D eigenvalue weighted by molar-refractivity contribution is 14.0. The third kappa shape index (κ3) is 6.28. The number of hydrogen-bond donors (Lipinski definition) is 2. The van der Waals surface area contributed by atoms with E-state index in [4.69, 9.17) is 0 Å². The number of nitrogens with zero attached hydrogens (tertiary/aromatic N) is 3. The zero-order valence-corrected chi connectivity index (χ0v) is 16.3. The molecular weight excluding hydrogens is 377 g/mol. The molecule has 2 fully saturated rings. The fraction of sp³-hybridized carbons (Fsp3) is 0.933. The van der Waals surface area contributed by atoms with Crippen LogP contribution in [-0.4, -0.2) is 74.7 Å². The largest absolute Gasteiger partial charge is 0.355 e. The van der Waals surface area contributed by atoms with E-state index in [0.717, 1.165) is 12.5 Å². The topological polar surface area (TPSA) is 42.9 Å². The van der Waals surface area contributed by atoms with Crippen LogP contribution in [0.3, 0.4) is 0 Å². The molecule has 1 aliphatic heterocycles. The fourth-order valence-corrected chi connectivity index (χ4v) is 2.76. The van der Waals surface area contributed by atoms with Gasteiger partial charge in [0.25, 0.3) is 0 Å². The first kappa shape index (κ1) is 19.0. The molecule has 0 radical (unpaired) electrons. The number of likely N-dealkylation sites (N-methyl/N-ethyl adjacent to an activating group) is 1. The van der Waals surface area contributed by atoms with Crippen molar-refractivity contribution in [3.05, 3.63) is 0 Å². The summed E-state index contributed by atoms with van der Waals surface area (Å²) in [4.78, 5) is 9.36. The van der Waals surface area contributed by atoms with Gasteiger partial charge in [0.1, 0.15) is 0 Å². The van der Waals surface area contributed by atoms with Gasteiger partial charge in [0.15, 0.2) is 5.96 Å². The third-order valence-electron chi connectivity index (χ3n) is 4.40. The average molecular weight is 409 g/mol. The molecule has 0 aromatic rings. The lowest BCUT2D eigenvalue weighted by Gasteiger charge is -2.40. The Morgan fingerprint density at radius 2 is 1.81 bits per heavy atom. The standard InChI is InChI=1S/C15H31N5.HI/c1-12(2)14(20-9-7-19(4)8-10-20)11-17-15(16-3)18-13-5-6-13;/h12-14H,5-11H2,1-4H3,(H2,16,17,18);1H. The summed E-state index contributed by atoms with van der Waals surface area (Å²) in [6.45, 7) is 10.3. The molecule has 0 bridgehead atoms. The first-order valence-corrected chi connectivity index (χ1v) is 8.00. The minimum absolute atomic E-state index is 0. The first-order chi connectivity index (χ1) is 9.60. The SMILES string of the molecule is CN=C(NCC(C(C)C)N1CCN(C)CC1)NC1CC1.I. The van der Waals surface area contributed by atoms with Crippen LogP contribution >= 0.6 is 24.0 Å². The molecule has 2 N–H and O–H groups in total. The van der Waals surface area contributed by atoms with Crippen molar-refractivity contribution in [3.63, 3.8) is 0 Å². The normalized spacial score (nSPS) is 22.8. The molecule has 6 heteroatoms. The van der Waals surface area contributed by atoms with Gasteiger partial charge in [-0.3, -0.25) is 9.89 Å². The lowest BCUT2D eigenvalue weighted by Crippen LogP contribution is -2.55. The van der Waals surface area contributed by atoms with E-state index in [1.807, 2.05) is 7.05 Å². The van der Waals surface area contributed by atoms with Crippen molar-refractivity contribution in [2.24, 2.45) is 10.9 Å². The summed E-state index contributed by atoms with van der Waals surface area (Å²) in [5.41, 5.74) is 0. The highest BCUT2D eigenvalue weighted by Gasteiger charge is 2.26. The molecule has 0 aromatic carbocycles. The first-order valence-electron chi connectivity index (χ1n) is 8.00. The van der Waals surface area contributed by atoms with Gasteiger partial charge >= 0.3 is 0 Å². The second-order valence-electron chi connectivity index (χ2n) is 6.52. The maximum atomic E-state index is 4.32. The smallest absolute Gasteiger partial charge is 0.191 e. The molecule has 5 nitrogen and oxygen atoms in total. The Labute approximate surface area is 146 Å². The van der Waals surface area contributed by atoms with Crippen molar-refractivity contribution in [2.75, 3.05) is 46.8 Å². The van der Waals surface area contributed by atoms with Gasteiger partial charge in [-0.2, -0.15) is 0 Å². The van der Waals surface area contributed by atoms with Crippen LogP contribution in [0.2, 0.25) is 0 Å². The van der Waals surface area contributed by atoms with E-state index in [-0.39, 0.29) is 24.0 Å². The van der Waals surface area contributed by atoms with Crippen LogP contribution in [0.4, 0.5) is 0 Å². The van der Waals surface area contributed by atoms with Gasteiger partial charge in [-0.1, -0.05) is 13.8 Å². The van der Waals surface area contributed by atoms with Gasteiger partial charge in [-0.05, 0) is 25.8 Å². The highest BCUT2D eigenvalue weighted by Crippen LogP contribution is 2.18. The predicted octanol–water partition coefficient (Wildman–Crippen LogP) is 1.20. The number of hydrogen-bond acceptors (Lipinski definition) is 3. The summed E-state index contributed by atoms with van der Waals surface area (Å²) in [5, 5.41) is 6.97. The lowest BCUT2D eigenvalue weighted by atomic mass is 10.0. The van der Waals surface area contributed by atoms with Crippen molar-refractivity contribution < 1.29 is 0 Å². The third-order valence-corrected chi connectivity index (χ3v) is 4.40. The molecule has 124 valence electrons. The minimum atomic E-state index is 0. The van der Waals surface area contributed by atoms with Gasteiger partial charge < -0.3 is 15.5 Å². The molecule has 21 heavy (non-hydrogen) atoms. The second kappa shape index (κ2) is 9.15. The number of guanidine groups is 1. The van der Waals surface area contributed by atoms with Crippen molar-refractivity contribution in [1.29, 1.82) is 0 Å². The van der Waals surface area contributed by atoms with Crippen molar-refractivity contribution in [3.8, 4) is 0 Å². The van der Waals surface area contributed by atoms with Crippen LogP contribution in [0.1, 0.15) is 26.7 Å². The fourth-order valence-electron chi connectivity index (χ4n) is 2.76. The molecule has 1 atom stereocenters. The maximum absolute atomic E-state index is 4.32. The molecular formula is C15H32IN5. The Morgan fingerprint density at radius 3 is 2.29 bits per heavy atom. The summed E-state index contributed by atoms with van der Waals surface area (Å²) in [6.07, 6.45) is 2.57. The van der Waals surface area contributed by atoms with Gasteiger partial charge in [0.2, 0.25) is 0 Å². The Bertz CT molecular complexity index is 322. The van der Waals surface area contributed by atoms with Crippen LogP contribution in [0, 0.1) is 5.92 Å². The Morgan fingerprint density at radius 1 is 1.19 bits per heavy atom. The van der Waals surface area contributed by atoms with Crippen LogP contribution in [0.15, 0.2) is 4.99 Å². The number of halogens is 1. The van der Waals surface area contributed by atoms with E-state index in [2.05, 4.69) is 46.3 Å². The number of rotatable bonds is 5. The van der Waals surface area contributed by atoms with Crippen molar-refractivity contribution in [1.82, 2.24) is 20.4 Å². The van der Waals surface area contributed by atoms with Gasteiger partial charge in [-0.25, -0.2) is 0 Å². The quantitative estimate of drug-likeness (QED) is 0.407. The maximum Gasteiger partial charge on any atom is 0.191 e. The van der Waals surface area contributed by atoms with E-state index in [1.165, 1.54) is 39.0 Å². The predicted molar refractivity (Wildman–Crippen MR) is 101 cm³/mol. The summed E-state index contributed by atoms with van der Waals surface area (Å²) < 4.78 is 0. The molecule has 1 aliphatic carbocycles. The molecule has 0 aromatic heterocycles. The van der Waals surface area contributed by atoms with Crippen molar-refractivity contribution >= 4 is 29.9 Å². The number of piperazine rings is 1. The van der Waals surface area contributed by atoms with Crippen LogP contribution in [0.5, 0.6) is 0 Å². The molecule has 2 aliphatic rings. The highest BCUT2D eigenvalue weighted by atomic mass is 127. The van der Waals surface area contributed by atoms with Gasteiger partial charge in [0, 0.05) is 51.9 Å². The summed E-state index contributed by atoms with van der Waals surface area (Å²) in [5.74, 6) is 1.62. The average Bonchev–Trinajstić information content (AvgIpc) is 3.23. The zero-order valence-electron chi connectivity index (χ0n) is 13.9. The van der Waals surface area contributed by atoms with E-state index in [1.54, 1.807) is 0 Å². The second-order valence-corrected chi connectivity index (χ2v) is 6.52. The van der Waals surface area contributed by atoms with Crippen LogP contribution in [-0.2, 0) is 0 Å². The van der Waals surface area contributed by atoms with Crippen LogP contribution in [0.25, 0.3) is 0 Å². The van der Waals surface area contributed by atoms with E-state index in [9.17, 15) is 0 Å². The summed E-state index contributed by atoms with van der Waals surface area (Å²) in [6, 6.07) is 1.24. The van der Waals surface area contributed by atoms with Crippen LogP contribution < -0.4 is 10.6 Å². The monoisotopic (exact) mass is 409 g/mol. The molecule has 1 unspecified atom stereocenters. The number of nitrogens with one attached hydrogen (secondary N) is 2. The molecule has 1 saturated carbocycles. The number of aliphatic imine (C=N–C) groups is 1. The molecule has 1 heterocycles.